The molecule has 0 saturated heterocycles. The number of methoxy groups -OCH3 is 2. The summed E-state index contributed by atoms with van der Waals surface area (Å²) in [6.07, 6.45) is 6.41. The highest BCUT2D eigenvalue weighted by Crippen LogP contribution is 2.23. The van der Waals surface area contributed by atoms with Crippen molar-refractivity contribution in [1.29, 1.82) is 0 Å². The SMILES string of the molecule is CCNC1CCCC(N(CCCOC)CCOC)C1. The van der Waals surface area contributed by atoms with Crippen LogP contribution in [0.15, 0.2) is 0 Å². The van der Waals surface area contributed by atoms with Gasteiger partial charge in [-0.2, -0.15) is 0 Å². The maximum atomic E-state index is 5.26. The molecule has 0 bridgehead atoms. The van der Waals surface area contributed by atoms with Crippen LogP contribution in [0.5, 0.6) is 0 Å². The van der Waals surface area contributed by atoms with Crippen molar-refractivity contribution in [2.24, 2.45) is 0 Å². The summed E-state index contributed by atoms with van der Waals surface area (Å²) in [4.78, 5) is 2.60. The molecule has 0 aromatic heterocycles. The van der Waals surface area contributed by atoms with E-state index in [0.717, 1.165) is 39.3 Å². The Kier molecular flexibility index (Phi) is 9.43. The van der Waals surface area contributed by atoms with Crippen molar-refractivity contribution < 1.29 is 9.47 Å². The minimum absolute atomic E-state index is 0.705. The Morgan fingerprint density at radius 3 is 2.58 bits per heavy atom. The summed E-state index contributed by atoms with van der Waals surface area (Å²) in [5.41, 5.74) is 0. The molecule has 114 valence electrons. The Bertz CT molecular complexity index is 212. The van der Waals surface area contributed by atoms with E-state index in [4.69, 9.17) is 9.47 Å². The second-order valence-corrected chi connectivity index (χ2v) is 5.45. The third kappa shape index (κ3) is 6.70. The summed E-state index contributed by atoms with van der Waals surface area (Å²) in [7, 11) is 3.57. The van der Waals surface area contributed by atoms with Gasteiger partial charge in [0, 0.05) is 46.0 Å². The minimum Gasteiger partial charge on any atom is -0.385 e. The Morgan fingerprint density at radius 2 is 1.89 bits per heavy atom. The van der Waals surface area contributed by atoms with Gasteiger partial charge in [-0.25, -0.2) is 0 Å². The fourth-order valence-corrected chi connectivity index (χ4v) is 3.07. The van der Waals surface area contributed by atoms with Crippen LogP contribution >= 0.6 is 0 Å². The number of ether oxygens (including phenoxy) is 2. The summed E-state index contributed by atoms with van der Waals surface area (Å²) in [5.74, 6) is 0. The number of nitrogens with one attached hydrogen (secondary N) is 1. The Hall–Kier alpha value is -0.160. The van der Waals surface area contributed by atoms with E-state index in [2.05, 4.69) is 17.1 Å². The molecule has 0 aliphatic heterocycles. The lowest BCUT2D eigenvalue weighted by Crippen LogP contribution is -2.46. The Labute approximate surface area is 118 Å². The van der Waals surface area contributed by atoms with E-state index in [0.29, 0.717) is 12.1 Å². The van der Waals surface area contributed by atoms with Crippen molar-refractivity contribution in [2.45, 2.75) is 51.1 Å². The first kappa shape index (κ1) is 16.9. The van der Waals surface area contributed by atoms with Crippen LogP contribution < -0.4 is 5.32 Å². The van der Waals surface area contributed by atoms with Crippen LogP contribution in [0, 0.1) is 0 Å². The zero-order chi connectivity index (χ0) is 13.9. The highest BCUT2D eigenvalue weighted by atomic mass is 16.5. The van der Waals surface area contributed by atoms with Crippen LogP contribution in [-0.4, -0.2) is 64.1 Å². The average Bonchev–Trinajstić information content (AvgIpc) is 2.43. The molecule has 0 heterocycles. The van der Waals surface area contributed by atoms with Gasteiger partial charge in [-0.15, -0.1) is 0 Å². The van der Waals surface area contributed by atoms with Gasteiger partial charge in [0.2, 0.25) is 0 Å². The third-order valence-electron chi connectivity index (χ3n) is 4.03. The van der Waals surface area contributed by atoms with Gasteiger partial charge in [-0.3, -0.25) is 4.90 Å². The molecule has 1 fully saturated rings. The van der Waals surface area contributed by atoms with E-state index in [1.54, 1.807) is 14.2 Å². The second kappa shape index (κ2) is 10.6. The summed E-state index contributed by atoms with van der Waals surface area (Å²) >= 11 is 0. The molecule has 0 amide bonds. The molecule has 1 N–H and O–H groups in total. The van der Waals surface area contributed by atoms with E-state index in [9.17, 15) is 0 Å². The standard InChI is InChI=1S/C15H32N2O2/c1-4-16-14-7-5-8-15(13-14)17(10-12-19-3)9-6-11-18-2/h14-16H,4-13H2,1-3H3. The Balaban J connectivity index is 2.41. The number of nitrogens with zero attached hydrogens (tertiary/aromatic N) is 1. The first-order chi connectivity index (χ1) is 9.31. The average molecular weight is 272 g/mol. The molecular weight excluding hydrogens is 240 g/mol. The van der Waals surface area contributed by atoms with Crippen LogP contribution in [0.25, 0.3) is 0 Å². The van der Waals surface area contributed by atoms with E-state index in [1.165, 1.54) is 25.7 Å². The number of rotatable bonds is 10. The van der Waals surface area contributed by atoms with E-state index in [-0.39, 0.29) is 0 Å². The molecule has 0 radical (unpaired) electrons. The van der Waals surface area contributed by atoms with Crippen LogP contribution in [0.3, 0.4) is 0 Å². The van der Waals surface area contributed by atoms with Gasteiger partial charge in [0.15, 0.2) is 0 Å². The molecule has 2 atom stereocenters. The maximum Gasteiger partial charge on any atom is 0.0589 e. The van der Waals surface area contributed by atoms with Gasteiger partial charge in [0.1, 0.15) is 0 Å². The molecule has 1 aliphatic rings. The molecular formula is C15H32N2O2. The molecule has 1 aliphatic carbocycles. The largest absolute Gasteiger partial charge is 0.385 e. The second-order valence-electron chi connectivity index (χ2n) is 5.45. The van der Waals surface area contributed by atoms with Crippen LogP contribution in [0.2, 0.25) is 0 Å². The minimum atomic E-state index is 0.705. The third-order valence-corrected chi connectivity index (χ3v) is 4.03. The van der Waals surface area contributed by atoms with E-state index < -0.39 is 0 Å². The van der Waals surface area contributed by atoms with Crippen LogP contribution in [0.1, 0.15) is 39.0 Å². The summed E-state index contributed by atoms with van der Waals surface area (Å²) in [5, 5.41) is 3.61. The maximum absolute atomic E-state index is 5.26. The number of hydrogen-bond donors (Lipinski definition) is 1. The van der Waals surface area contributed by atoms with Crippen LogP contribution in [-0.2, 0) is 9.47 Å². The predicted octanol–water partition coefficient (Wildman–Crippen LogP) is 1.89. The molecule has 1 saturated carbocycles. The quantitative estimate of drug-likeness (QED) is 0.616. The summed E-state index contributed by atoms with van der Waals surface area (Å²) in [6.45, 7) is 7.14. The van der Waals surface area contributed by atoms with Crippen molar-refractivity contribution in [3.8, 4) is 0 Å². The fraction of sp³-hybridized carbons (Fsp3) is 1.00. The lowest BCUT2D eigenvalue weighted by molar-refractivity contribution is 0.0843. The first-order valence-corrected chi connectivity index (χ1v) is 7.77. The van der Waals surface area contributed by atoms with Crippen LogP contribution in [0.4, 0.5) is 0 Å². The van der Waals surface area contributed by atoms with Crippen molar-refractivity contribution in [1.82, 2.24) is 10.2 Å². The number of hydrogen-bond acceptors (Lipinski definition) is 4. The molecule has 4 nitrogen and oxygen atoms in total. The topological polar surface area (TPSA) is 33.7 Å². The molecule has 19 heavy (non-hydrogen) atoms. The molecule has 0 aromatic rings. The first-order valence-electron chi connectivity index (χ1n) is 7.77. The van der Waals surface area contributed by atoms with Gasteiger partial charge < -0.3 is 14.8 Å². The molecule has 0 spiro atoms. The van der Waals surface area contributed by atoms with Crippen molar-refractivity contribution in [2.75, 3.05) is 47.1 Å². The molecule has 4 heteroatoms. The van der Waals surface area contributed by atoms with Gasteiger partial charge >= 0.3 is 0 Å². The van der Waals surface area contributed by atoms with E-state index >= 15 is 0 Å². The fourth-order valence-electron chi connectivity index (χ4n) is 3.07. The van der Waals surface area contributed by atoms with Crippen molar-refractivity contribution in [3.05, 3.63) is 0 Å². The zero-order valence-electron chi connectivity index (χ0n) is 13.0. The van der Waals surface area contributed by atoms with Gasteiger partial charge in [0.25, 0.3) is 0 Å². The van der Waals surface area contributed by atoms with E-state index in [1.807, 2.05) is 0 Å². The van der Waals surface area contributed by atoms with Gasteiger partial charge in [-0.05, 0) is 32.2 Å². The summed E-state index contributed by atoms with van der Waals surface area (Å²) < 4.78 is 10.4. The smallest absolute Gasteiger partial charge is 0.0589 e. The lowest BCUT2D eigenvalue weighted by Gasteiger charge is -2.37. The van der Waals surface area contributed by atoms with Crippen molar-refractivity contribution >= 4 is 0 Å². The lowest BCUT2D eigenvalue weighted by atomic mass is 9.89. The molecule has 1 rings (SSSR count). The van der Waals surface area contributed by atoms with Crippen molar-refractivity contribution in [3.63, 3.8) is 0 Å². The highest BCUT2D eigenvalue weighted by Gasteiger charge is 2.25. The zero-order valence-corrected chi connectivity index (χ0v) is 13.0. The predicted molar refractivity (Wildman–Crippen MR) is 79.7 cm³/mol. The Morgan fingerprint density at radius 1 is 1.11 bits per heavy atom. The van der Waals surface area contributed by atoms with Gasteiger partial charge in [-0.1, -0.05) is 13.3 Å². The highest BCUT2D eigenvalue weighted by molar-refractivity contribution is 4.83. The summed E-state index contributed by atoms with van der Waals surface area (Å²) in [6, 6.07) is 1.42. The normalized spacial score (nSPS) is 24.0. The monoisotopic (exact) mass is 272 g/mol. The molecule has 2 unspecified atom stereocenters. The molecule has 0 aromatic carbocycles. The van der Waals surface area contributed by atoms with Gasteiger partial charge in [0.05, 0.1) is 6.61 Å².